The molecule has 2 N–H and O–H groups in total. The van der Waals surface area contributed by atoms with Crippen LogP contribution in [0.15, 0.2) is 48.7 Å². The van der Waals surface area contributed by atoms with Crippen LogP contribution in [0.5, 0.6) is 11.5 Å². The van der Waals surface area contributed by atoms with E-state index in [1.165, 1.54) is 10.9 Å². The molecule has 2 heterocycles. The van der Waals surface area contributed by atoms with Gasteiger partial charge in [-0.15, -0.1) is 0 Å². The maximum Gasteiger partial charge on any atom is 0.231 e. The number of ether oxygens (including phenoxy) is 2. The Hall–Kier alpha value is -2.62. The third-order valence-corrected chi connectivity index (χ3v) is 3.83. The molecular weight excluding hydrogens is 264 g/mol. The average Bonchev–Trinajstić information content (AvgIpc) is 3.14. The Morgan fingerprint density at radius 1 is 1.05 bits per heavy atom. The molecule has 1 aliphatic rings. The van der Waals surface area contributed by atoms with E-state index in [-0.39, 0.29) is 6.04 Å². The zero-order chi connectivity index (χ0) is 14.2. The molecule has 1 unspecified atom stereocenters. The summed E-state index contributed by atoms with van der Waals surface area (Å²) in [5, 5.41) is 4.73. The molecular formula is C17H16N2O2. The lowest BCUT2D eigenvalue weighted by Gasteiger charge is -2.16. The number of rotatable bonds is 3. The first-order valence-electron chi connectivity index (χ1n) is 7.03. The molecule has 2 aromatic carbocycles. The van der Waals surface area contributed by atoms with E-state index >= 15 is 0 Å². The molecule has 4 rings (SSSR count). The van der Waals surface area contributed by atoms with Gasteiger partial charge in [-0.1, -0.05) is 6.07 Å². The van der Waals surface area contributed by atoms with Gasteiger partial charge in [0.25, 0.3) is 0 Å². The van der Waals surface area contributed by atoms with Crippen molar-refractivity contribution in [2.75, 3.05) is 12.1 Å². The van der Waals surface area contributed by atoms with Crippen LogP contribution in [0, 0.1) is 0 Å². The van der Waals surface area contributed by atoms with Gasteiger partial charge in [-0.2, -0.15) is 0 Å². The minimum Gasteiger partial charge on any atom is -0.454 e. The smallest absolute Gasteiger partial charge is 0.231 e. The predicted molar refractivity (Wildman–Crippen MR) is 82.9 cm³/mol. The van der Waals surface area contributed by atoms with Crippen molar-refractivity contribution in [3.63, 3.8) is 0 Å². The van der Waals surface area contributed by atoms with Gasteiger partial charge in [-0.25, -0.2) is 0 Å². The predicted octanol–water partition coefficient (Wildman–Crippen LogP) is 4.07. The zero-order valence-electron chi connectivity index (χ0n) is 11.7. The fraction of sp³-hybridized carbons (Fsp3) is 0.176. The minimum atomic E-state index is 0.191. The molecule has 0 amide bonds. The largest absolute Gasteiger partial charge is 0.454 e. The molecule has 4 nitrogen and oxygen atoms in total. The third kappa shape index (κ3) is 2.18. The molecule has 0 radical (unpaired) electrons. The molecule has 0 saturated carbocycles. The number of aromatic nitrogens is 1. The van der Waals surface area contributed by atoms with E-state index in [0.29, 0.717) is 6.79 Å². The van der Waals surface area contributed by atoms with Gasteiger partial charge in [0, 0.05) is 28.8 Å². The molecule has 1 atom stereocenters. The summed E-state index contributed by atoms with van der Waals surface area (Å²) in [5.74, 6) is 1.64. The van der Waals surface area contributed by atoms with Gasteiger partial charge < -0.3 is 19.8 Å². The number of H-pyrrole nitrogens is 1. The molecule has 106 valence electrons. The van der Waals surface area contributed by atoms with E-state index in [2.05, 4.69) is 47.6 Å². The molecule has 4 heteroatoms. The lowest BCUT2D eigenvalue weighted by molar-refractivity contribution is 0.174. The van der Waals surface area contributed by atoms with Crippen LogP contribution in [0.3, 0.4) is 0 Å². The fourth-order valence-electron chi connectivity index (χ4n) is 2.66. The molecule has 1 aromatic heterocycles. The van der Waals surface area contributed by atoms with Crippen LogP contribution in [0.2, 0.25) is 0 Å². The van der Waals surface area contributed by atoms with Crippen LogP contribution in [0.4, 0.5) is 5.69 Å². The standard InChI is InChI=1S/C17H16N2O2/c1-11(12-2-5-16-17(9-12)21-10-20-16)19-14-3-4-15-13(8-14)6-7-18-15/h2-9,11,18-19H,10H2,1H3. The number of fused-ring (bicyclic) bond motifs is 2. The van der Waals surface area contributed by atoms with Crippen LogP contribution >= 0.6 is 0 Å². The summed E-state index contributed by atoms with van der Waals surface area (Å²) in [4.78, 5) is 3.20. The lowest BCUT2D eigenvalue weighted by atomic mass is 10.1. The fourth-order valence-corrected chi connectivity index (χ4v) is 2.66. The summed E-state index contributed by atoms with van der Waals surface area (Å²) < 4.78 is 10.8. The van der Waals surface area contributed by atoms with Crippen molar-refractivity contribution in [3.8, 4) is 11.5 Å². The topological polar surface area (TPSA) is 46.3 Å². The van der Waals surface area contributed by atoms with Gasteiger partial charge in [0.1, 0.15) is 0 Å². The summed E-state index contributed by atoms with van der Waals surface area (Å²) in [6.07, 6.45) is 1.95. The third-order valence-electron chi connectivity index (χ3n) is 3.83. The van der Waals surface area contributed by atoms with Gasteiger partial charge in [0.15, 0.2) is 11.5 Å². The van der Waals surface area contributed by atoms with Crippen molar-refractivity contribution in [2.24, 2.45) is 0 Å². The first-order valence-corrected chi connectivity index (χ1v) is 7.03. The molecule has 0 saturated heterocycles. The Balaban J connectivity index is 1.58. The van der Waals surface area contributed by atoms with Gasteiger partial charge >= 0.3 is 0 Å². The Morgan fingerprint density at radius 3 is 2.90 bits per heavy atom. The molecule has 0 spiro atoms. The van der Waals surface area contributed by atoms with Crippen molar-refractivity contribution in [1.29, 1.82) is 0 Å². The summed E-state index contributed by atoms with van der Waals surface area (Å²) in [5.41, 5.74) is 3.43. The number of nitrogens with one attached hydrogen (secondary N) is 2. The Morgan fingerprint density at radius 2 is 1.95 bits per heavy atom. The first-order chi connectivity index (χ1) is 10.3. The average molecular weight is 280 g/mol. The monoisotopic (exact) mass is 280 g/mol. The molecule has 21 heavy (non-hydrogen) atoms. The Kier molecular flexibility index (Phi) is 2.74. The quantitative estimate of drug-likeness (QED) is 0.760. The minimum absolute atomic E-state index is 0.191. The second kappa shape index (κ2) is 4.74. The van der Waals surface area contributed by atoms with E-state index in [1.54, 1.807) is 0 Å². The number of hydrogen-bond acceptors (Lipinski definition) is 3. The van der Waals surface area contributed by atoms with E-state index in [0.717, 1.165) is 22.7 Å². The summed E-state index contributed by atoms with van der Waals surface area (Å²) >= 11 is 0. The normalized spacial score (nSPS) is 14.3. The number of benzene rings is 2. The SMILES string of the molecule is CC(Nc1ccc2[nH]ccc2c1)c1ccc2c(c1)OCO2. The van der Waals surface area contributed by atoms with Crippen molar-refractivity contribution in [1.82, 2.24) is 4.98 Å². The van der Waals surface area contributed by atoms with E-state index in [1.807, 2.05) is 18.3 Å². The second-order valence-corrected chi connectivity index (χ2v) is 5.26. The number of hydrogen-bond donors (Lipinski definition) is 2. The Bertz CT molecular complexity index is 794. The lowest BCUT2D eigenvalue weighted by Crippen LogP contribution is -2.06. The van der Waals surface area contributed by atoms with Crippen molar-refractivity contribution in [3.05, 3.63) is 54.2 Å². The number of anilines is 1. The maximum absolute atomic E-state index is 5.43. The maximum atomic E-state index is 5.43. The van der Waals surface area contributed by atoms with Crippen LogP contribution in [-0.4, -0.2) is 11.8 Å². The van der Waals surface area contributed by atoms with Gasteiger partial charge in [-0.3, -0.25) is 0 Å². The summed E-state index contributed by atoms with van der Waals surface area (Å²) in [6.45, 7) is 2.45. The van der Waals surface area contributed by atoms with Crippen molar-refractivity contribution >= 4 is 16.6 Å². The van der Waals surface area contributed by atoms with Crippen molar-refractivity contribution in [2.45, 2.75) is 13.0 Å². The first kappa shape index (κ1) is 12.1. The van der Waals surface area contributed by atoms with Gasteiger partial charge in [-0.05, 0) is 48.9 Å². The highest BCUT2D eigenvalue weighted by atomic mass is 16.7. The second-order valence-electron chi connectivity index (χ2n) is 5.26. The van der Waals surface area contributed by atoms with Crippen LogP contribution in [-0.2, 0) is 0 Å². The molecule has 0 fully saturated rings. The number of aromatic amines is 1. The van der Waals surface area contributed by atoms with Crippen LogP contribution in [0.1, 0.15) is 18.5 Å². The van der Waals surface area contributed by atoms with Crippen LogP contribution < -0.4 is 14.8 Å². The van der Waals surface area contributed by atoms with Gasteiger partial charge in [0.05, 0.1) is 0 Å². The van der Waals surface area contributed by atoms with Crippen molar-refractivity contribution < 1.29 is 9.47 Å². The van der Waals surface area contributed by atoms with E-state index in [9.17, 15) is 0 Å². The summed E-state index contributed by atoms with van der Waals surface area (Å²) in [7, 11) is 0. The van der Waals surface area contributed by atoms with Gasteiger partial charge in [0.2, 0.25) is 6.79 Å². The highest BCUT2D eigenvalue weighted by molar-refractivity contribution is 5.83. The van der Waals surface area contributed by atoms with E-state index in [4.69, 9.17) is 9.47 Å². The van der Waals surface area contributed by atoms with E-state index < -0.39 is 0 Å². The molecule has 0 aliphatic carbocycles. The highest BCUT2D eigenvalue weighted by Crippen LogP contribution is 2.35. The molecule has 1 aliphatic heterocycles. The zero-order valence-corrected chi connectivity index (χ0v) is 11.7. The Labute approximate surface area is 122 Å². The highest BCUT2D eigenvalue weighted by Gasteiger charge is 2.15. The summed E-state index contributed by atoms with van der Waals surface area (Å²) in [6, 6.07) is 14.7. The van der Waals surface area contributed by atoms with Crippen LogP contribution in [0.25, 0.3) is 10.9 Å². The molecule has 0 bridgehead atoms. The molecule has 3 aromatic rings.